The van der Waals surface area contributed by atoms with Gasteiger partial charge in [0.25, 0.3) is 0 Å². The van der Waals surface area contributed by atoms with Crippen LogP contribution in [-0.2, 0) is 4.79 Å². The van der Waals surface area contributed by atoms with E-state index in [0.29, 0.717) is 6.42 Å². The van der Waals surface area contributed by atoms with Gasteiger partial charge >= 0.3 is 0 Å². The Morgan fingerprint density at radius 2 is 2.31 bits per heavy atom. The van der Waals surface area contributed by atoms with Gasteiger partial charge in [-0.05, 0) is 54.5 Å². The quantitative estimate of drug-likeness (QED) is 0.643. The summed E-state index contributed by atoms with van der Waals surface area (Å²) in [6, 6.07) is 1.90. The fourth-order valence-corrected chi connectivity index (χ4v) is 1.49. The van der Waals surface area contributed by atoms with E-state index in [0.717, 1.165) is 28.8 Å². The Morgan fingerprint density at radius 1 is 1.56 bits per heavy atom. The van der Waals surface area contributed by atoms with Crippen LogP contribution in [-0.4, -0.2) is 24.5 Å². The standard InChI is InChI=1S/C11H16BrN3O/c1-8-6-9(7-14-11(8)12)15-10(16)4-3-5-13-2/h6-7,13H,3-5H2,1-2H3,(H,15,16). The number of pyridine rings is 1. The molecule has 0 atom stereocenters. The van der Waals surface area contributed by atoms with E-state index in [-0.39, 0.29) is 5.91 Å². The van der Waals surface area contributed by atoms with Gasteiger partial charge in [0.05, 0.1) is 11.9 Å². The first-order valence-electron chi connectivity index (χ1n) is 5.20. The van der Waals surface area contributed by atoms with Crippen LogP contribution in [0, 0.1) is 6.92 Å². The van der Waals surface area contributed by atoms with Crippen molar-refractivity contribution in [2.75, 3.05) is 18.9 Å². The Labute approximate surface area is 104 Å². The summed E-state index contributed by atoms with van der Waals surface area (Å²) in [6.07, 6.45) is 3.01. The molecule has 0 spiro atoms. The molecular formula is C11H16BrN3O. The molecule has 1 rings (SSSR count). The number of nitrogens with one attached hydrogen (secondary N) is 2. The van der Waals surface area contributed by atoms with Crippen molar-refractivity contribution in [3.8, 4) is 0 Å². The van der Waals surface area contributed by atoms with E-state index in [1.165, 1.54) is 0 Å². The molecule has 1 aromatic rings. The van der Waals surface area contributed by atoms with Crippen molar-refractivity contribution in [1.29, 1.82) is 0 Å². The van der Waals surface area contributed by atoms with E-state index < -0.39 is 0 Å². The summed E-state index contributed by atoms with van der Waals surface area (Å²) in [4.78, 5) is 15.6. The summed E-state index contributed by atoms with van der Waals surface area (Å²) in [6.45, 7) is 2.79. The molecular weight excluding hydrogens is 270 g/mol. The Hall–Kier alpha value is -0.940. The Bertz CT molecular complexity index is 368. The number of rotatable bonds is 5. The number of amides is 1. The fourth-order valence-electron chi connectivity index (χ4n) is 1.28. The van der Waals surface area contributed by atoms with E-state index in [9.17, 15) is 4.79 Å². The minimum Gasteiger partial charge on any atom is -0.325 e. The van der Waals surface area contributed by atoms with Crippen LogP contribution in [0.3, 0.4) is 0 Å². The summed E-state index contributed by atoms with van der Waals surface area (Å²) in [7, 11) is 1.87. The van der Waals surface area contributed by atoms with E-state index >= 15 is 0 Å². The van der Waals surface area contributed by atoms with Gasteiger partial charge in [-0.1, -0.05) is 0 Å². The van der Waals surface area contributed by atoms with Crippen molar-refractivity contribution >= 4 is 27.5 Å². The molecule has 2 N–H and O–H groups in total. The number of hydrogen-bond donors (Lipinski definition) is 2. The molecule has 4 nitrogen and oxygen atoms in total. The molecule has 0 aliphatic rings. The zero-order valence-corrected chi connectivity index (χ0v) is 11.1. The lowest BCUT2D eigenvalue weighted by molar-refractivity contribution is -0.116. The summed E-state index contributed by atoms with van der Waals surface area (Å²) in [5, 5.41) is 5.82. The highest BCUT2D eigenvalue weighted by molar-refractivity contribution is 9.10. The van der Waals surface area contributed by atoms with Gasteiger partial charge in [0.2, 0.25) is 5.91 Å². The number of anilines is 1. The molecule has 88 valence electrons. The van der Waals surface area contributed by atoms with Crippen molar-refractivity contribution in [2.24, 2.45) is 0 Å². The maximum absolute atomic E-state index is 11.5. The first-order valence-corrected chi connectivity index (χ1v) is 5.99. The minimum atomic E-state index is 0.0266. The van der Waals surface area contributed by atoms with Crippen LogP contribution in [0.2, 0.25) is 0 Å². The van der Waals surface area contributed by atoms with Crippen molar-refractivity contribution in [2.45, 2.75) is 19.8 Å². The van der Waals surface area contributed by atoms with Crippen LogP contribution >= 0.6 is 15.9 Å². The van der Waals surface area contributed by atoms with Gasteiger partial charge in [0.1, 0.15) is 4.60 Å². The molecule has 1 amide bonds. The van der Waals surface area contributed by atoms with E-state index in [1.807, 2.05) is 20.0 Å². The second-order valence-electron chi connectivity index (χ2n) is 3.59. The smallest absolute Gasteiger partial charge is 0.224 e. The zero-order chi connectivity index (χ0) is 12.0. The lowest BCUT2D eigenvalue weighted by atomic mass is 10.2. The number of aromatic nitrogens is 1. The Balaban J connectivity index is 2.46. The molecule has 0 saturated heterocycles. The predicted octanol–water partition coefficient (Wildman–Crippen LogP) is 2.09. The van der Waals surface area contributed by atoms with Crippen molar-refractivity contribution in [1.82, 2.24) is 10.3 Å². The van der Waals surface area contributed by atoms with Gasteiger partial charge in [0, 0.05) is 6.42 Å². The second kappa shape index (κ2) is 6.60. The topological polar surface area (TPSA) is 54.0 Å². The molecule has 0 aliphatic heterocycles. The largest absolute Gasteiger partial charge is 0.325 e. The van der Waals surface area contributed by atoms with Gasteiger partial charge in [-0.2, -0.15) is 0 Å². The van der Waals surface area contributed by atoms with E-state index in [2.05, 4.69) is 31.5 Å². The third-order valence-corrected chi connectivity index (χ3v) is 2.96. The first-order chi connectivity index (χ1) is 7.63. The third kappa shape index (κ3) is 4.28. The first kappa shape index (κ1) is 13.1. The number of aryl methyl sites for hydroxylation is 1. The highest BCUT2D eigenvalue weighted by Gasteiger charge is 2.03. The average Bonchev–Trinajstić information content (AvgIpc) is 2.24. The van der Waals surface area contributed by atoms with Crippen LogP contribution in [0.1, 0.15) is 18.4 Å². The van der Waals surface area contributed by atoms with Crippen LogP contribution in [0.25, 0.3) is 0 Å². The number of carbonyl (C=O) groups is 1. The highest BCUT2D eigenvalue weighted by atomic mass is 79.9. The van der Waals surface area contributed by atoms with E-state index in [4.69, 9.17) is 0 Å². The van der Waals surface area contributed by atoms with Crippen molar-refractivity contribution in [3.63, 3.8) is 0 Å². The minimum absolute atomic E-state index is 0.0266. The van der Waals surface area contributed by atoms with Gasteiger partial charge in [-0.3, -0.25) is 4.79 Å². The SMILES string of the molecule is CNCCCC(=O)Nc1cnc(Br)c(C)c1. The molecule has 1 aromatic heterocycles. The highest BCUT2D eigenvalue weighted by Crippen LogP contribution is 2.16. The summed E-state index contributed by atoms with van der Waals surface area (Å²) in [5.41, 5.74) is 1.75. The van der Waals surface area contributed by atoms with Gasteiger partial charge in [0.15, 0.2) is 0 Å². The lowest BCUT2D eigenvalue weighted by Gasteiger charge is -2.06. The molecule has 0 aliphatic carbocycles. The number of hydrogen-bond acceptors (Lipinski definition) is 3. The molecule has 0 fully saturated rings. The molecule has 0 saturated carbocycles. The van der Waals surface area contributed by atoms with E-state index in [1.54, 1.807) is 6.20 Å². The number of halogens is 1. The normalized spacial score (nSPS) is 10.2. The van der Waals surface area contributed by atoms with Crippen LogP contribution < -0.4 is 10.6 Å². The maximum Gasteiger partial charge on any atom is 0.224 e. The fraction of sp³-hybridized carbons (Fsp3) is 0.455. The molecule has 1 heterocycles. The molecule has 0 unspecified atom stereocenters. The van der Waals surface area contributed by atoms with Crippen LogP contribution in [0.15, 0.2) is 16.9 Å². The van der Waals surface area contributed by atoms with Gasteiger partial charge in [-0.15, -0.1) is 0 Å². The second-order valence-corrected chi connectivity index (χ2v) is 4.34. The third-order valence-electron chi connectivity index (χ3n) is 2.13. The Morgan fingerprint density at radius 3 is 2.94 bits per heavy atom. The summed E-state index contributed by atoms with van der Waals surface area (Å²) < 4.78 is 0.806. The zero-order valence-electron chi connectivity index (χ0n) is 9.51. The maximum atomic E-state index is 11.5. The van der Waals surface area contributed by atoms with Crippen LogP contribution in [0.4, 0.5) is 5.69 Å². The summed E-state index contributed by atoms with van der Waals surface area (Å²) in [5.74, 6) is 0.0266. The molecule has 0 bridgehead atoms. The number of nitrogens with zero attached hydrogens (tertiary/aromatic N) is 1. The summed E-state index contributed by atoms with van der Waals surface area (Å²) >= 11 is 3.31. The van der Waals surface area contributed by atoms with Crippen molar-refractivity contribution in [3.05, 3.63) is 22.4 Å². The van der Waals surface area contributed by atoms with Crippen molar-refractivity contribution < 1.29 is 4.79 Å². The molecule has 0 aromatic carbocycles. The molecule has 16 heavy (non-hydrogen) atoms. The molecule has 5 heteroatoms. The van der Waals surface area contributed by atoms with Gasteiger partial charge in [-0.25, -0.2) is 4.98 Å². The number of carbonyl (C=O) groups excluding carboxylic acids is 1. The predicted molar refractivity (Wildman–Crippen MR) is 68.5 cm³/mol. The average molecular weight is 286 g/mol. The van der Waals surface area contributed by atoms with Crippen LogP contribution in [0.5, 0.6) is 0 Å². The monoisotopic (exact) mass is 285 g/mol. The van der Waals surface area contributed by atoms with Gasteiger partial charge < -0.3 is 10.6 Å². The lowest BCUT2D eigenvalue weighted by Crippen LogP contribution is -2.15. The molecule has 0 radical (unpaired) electrons. The Kier molecular flexibility index (Phi) is 5.42.